The lowest BCUT2D eigenvalue weighted by Gasteiger charge is -2.34. The van der Waals surface area contributed by atoms with E-state index in [1.165, 1.54) is 34.1 Å². The van der Waals surface area contributed by atoms with Gasteiger partial charge in [-0.1, -0.05) is 30.4 Å². The van der Waals surface area contributed by atoms with E-state index in [2.05, 4.69) is 25.2 Å². The third kappa shape index (κ3) is 4.34. The van der Waals surface area contributed by atoms with E-state index in [0.29, 0.717) is 24.5 Å². The zero-order valence-electron chi connectivity index (χ0n) is 16.7. The van der Waals surface area contributed by atoms with Crippen molar-refractivity contribution >= 4 is 27.3 Å². The van der Waals surface area contributed by atoms with Gasteiger partial charge in [-0.15, -0.1) is 5.10 Å². The maximum atomic E-state index is 13.7. The van der Waals surface area contributed by atoms with Crippen LogP contribution < -0.4 is 15.8 Å². The summed E-state index contributed by atoms with van der Waals surface area (Å²) in [6, 6.07) is 7.50. The Morgan fingerprint density at radius 2 is 2.00 bits per heavy atom. The summed E-state index contributed by atoms with van der Waals surface area (Å²) in [4.78, 5) is 33.8. The van der Waals surface area contributed by atoms with Gasteiger partial charge in [-0.05, 0) is 18.6 Å². The Kier molecular flexibility index (Phi) is 6.05. The molecule has 0 spiro atoms. The molecule has 0 atom stereocenters. The highest BCUT2D eigenvalue weighted by Crippen LogP contribution is 2.22. The summed E-state index contributed by atoms with van der Waals surface area (Å²) in [6.07, 6.45) is 0.713. The summed E-state index contributed by atoms with van der Waals surface area (Å²) in [5.74, 6) is -0.912. The monoisotopic (exact) mass is 430 g/mol. The predicted octanol–water partition coefficient (Wildman–Crippen LogP) is 1.40. The molecule has 1 aliphatic rings. The summed E-state index contributed by atoms with van der Waals surface area (Å²) < 4.78 is 15.0. The largest absolute Gasteiger partial charge is 0.351 e. The minimum Gasteiger partial charge on any atom is -0.351 e. The molecule has 30 heavy (non-hydrogen) atoms. The van der Waals surface area contributed by atoms with Gasteiger partial charge >= 0.3 is 0 Å². The number of aromatic nitrogens is 3. The number of benzene rings is 1. The first-order valence-corrected chi connectivity index (χ1v) is 10.8. The van der Waals surface area contributed by atoms with Crippen LogP contribution in [0.3, 0.4) is 0 Å². The van der Waals surface area contributed by atoms with Crippen LogP contribution in [0.1, 0.15) is 23.0 Å². The quantitative estimate of drug-likeness (QED) is 0.637. The molecular weight excluding hydrogens is 407 g/mol. The first kappa shape index (κ1) is 20.4. The van der Waals surface area contributed by atoms with Crippen molar-refractivity contribution in [2.45, 2.75) is 13.3 Å². The second kappa shape index (κ2) is 8.88. The molecule has 0 saturated carbocycles. The first-order valence-electron chi connectivity index (χ1n) is 9.95. The van der Waals surface area contributed by atoms with Crippen LogP contribution in [-0.4, -0.2) is 64.7 Å². The smallest absolute Gasteiger partial charge is 0.275 e. The number of halogens is 1. The normalized spacial score (nSPS) is 14.9. The van der Waals surface area contributed by atoms with Crippen molar-refractivity contribution in [2.24, 2.45) is 0 Å². The summed E-state index contributed by atoms with van der Waals surface area (Å²) in [6.45, 7) is 6.29. The van der Waals surface area contributed by atoms with Gasteiger partial charge in [0.25, 0.3) is 11.5 Å². The third-order valence-electron chi connectivity index (χ3n) is 5.12. The second-order valence-electron chi connectivity index (χ2n) is 7.08. The molecule has 4 rings (SSSR count). The Balaban J connectivity index is 1.29. The maximum Gasteiger partial charge on any atom is 0.275 e. The molecule has 1 N–H and O–H groups in total. The Bertz CT molecular complexity index is 1110. The van der Waals surface area contributed by atoms with Crippen molar-refractivity contribution in [1.29, 1.82) is 0 Å². The van der Waals surface area contributed by atoms with E-state index >= 15 is 0 Å². The van der Waals surface area contributed by atoms with Gasteiger partial charge in [0, 0.05) is 51.0 Å². The Labute approximate surface area is 177 Å². The average Bonchev–Trinajstić information content (AvgIpc) is 3.19. The third-order valence-corrected chi connectivity index (χ3v) is 6.09. The topological polar surface area (TPSA) is 82.8 Å². The van der Waals surface area contributed by atoms with E-state index in [0.717, 1.165) is 37.0 Å². The van der Waals surface area contributed by atoms with Crippen LogP contribution in [0.25, 0.3) is 4.96 Å². The fourth-order valence-corrected chi connectivity index (χ4v) is 4.36. The molecule has 3 aromatic rings. The lowest BCUT2D eigenvalue weighted by molar-refractivity contribution is 0.0943. The SMILES string of the molecule is CCc1cc(=O)n2nc(N3CCN(CCNC(=O)c4ccccc4F)CC3)sc2n1. The summed E-state index contributed by atoms with van der Waals surface area (Å²) in [7, 11) is 0. The highest BCUT2D eigenvalue weighted by Gasteiger charge is 2.21. The molecule has 1 fully saturated rings. The van der Waals surface area contributed by atoms with Gasteiger partial charge in [0.05, 0.1) is 5.56 Å². The molecule has 0 unspecified atom stereocenters. The fraction of sp³-hybridized carbons (Fsp3) is 0.400. The van der Waals surface area contributed by atoms with Gasteiger partial charge in [-0.3, -0.25) is 14.5 Å². The molecule has 1 amide bonds. The minimum absolute atomic E-state index is 0.0632. The summed E-state index contributed by atoms with van der Waals surface area (Å²) in [5.41, 5.74) is 0.689. The van der Waals surface area contributed by atoms with Crippen molar-refractivity contribution in [1.82, 2.24) is 24.8 Å². The van der Waals surface area contributed by atoms with E-state index in [1.807, 2.05) is 6.92 Å². The summed E-state index contributed by atoms with van der Waals surface area (Å²) >= 11 is 1.43. The fourth-order valence-electron chi connectivity index (χ4n) is 3.39. The van der Waals surface area contributed by atoms with Crippen LogP contribution in [0.2, 0.25) is 0 Å². The van der Waals surface area contributed by atoms with Gasteiger partial charge in [0.1, 0.15) is 5.82 Å². The van der Waals surface area contributed by atoms with E-state index in [9.17, 15) is 14.0 Å². The Morgan fingerprint density at radius 1 is 1.23 bits per heavy atom. The standard InChI is InChI=1S/C20H23FN6O2S/c1-2-14-13-17(28)27-19(23-14)30-20(24-27)26-11-9-25(10-12-26)8-7-22-18(29)15-5-3-4-6-16(15)21/h3-6,13H,2,7-12H2,1H3,(H,22,29). The number of carbonyl (C=O) groups is 1. The molecule has 10 heteroatoms. The predicted molar refractivity (Wildman–Crippen MR) is 114 cm³/mol. The number of anilines is 1. The number of hydrogen-bond donors (Lipinski definition) is 1. The number of piperazine rings is 1. The van der Waals surface area contributed by atoms with Crippen LogP contribution in [0.4, 0.5) is 9.52 Å². The van der Waals surface area contributed by atoms with Crippen LogP contribution in [0.5, 0.6) is 0 Å². The molecule has 8 nitrogen and oxygen atoms in total. The van der Waals surface area contributed by atoms with Gasteiger partial charge in [0.15, 0.2) is 0 Å². The van der Waals surface area contributed by atoms with Crippen molar-refractivity contribution < 1.29 is 9.18 Å². The first-order chi connectivity index (χ1) is 14.5. The zero-order valence-corrected chi connectivity index (χ0v) is 17.5. The summed E-state index contributed by atoms with van der Waals surface area (Å²) in [5, 5.41) is 8.00. The highest BCUT2D eigenvalue weighted by atomic mass is 32.1. The lowest BCUT2D eigenvalue weighted by Crippen LogP contribution is -2.48. The molecule has 1 aromatic carbocycles. The average molecular weight is 431 g/mol. The second-order valence-corrected chi connectivity index (χ2v) is 8.02. The van der Waals surface area contributed by atoms with Crippen LogP contribution >= 0.6 is 11.3 Å². The van der Waals surface area contributed by atoms with Gasteiger partial charge in [-0.2, -0.15) is 4.52 Å². The molecule has 2 aromatic heterocycles. The number of nitrogens with zero attached hydrogens (tertiary/aromatic N) is 5. The highest BCUT2D eigenvalue weighted by molar-refractivity contribution is 7.20. The molecule has 3 heterocycles. The molecule has 1 aliphatic heterocycles. The van der Waals surface area contributed by atoms with Crippen molar-refractivity contribution in [3.63, 3.8) is 0 Å². The molecular formula is C20H23FN6O2S. The molecule has 1 saturated heterocycles. The number of carbonyl (C=O) groups excluding carboxylic acids is 1. The Morgan fingerprint density at radius 3 is 2.73 bits per heavy atom. The molecule has 0 radical (unpaired) electrons. The van der Waals surface area contributed by atoms with Gasteiger partial charge in [-0.25, -0.2) is 9.37 Å². The van der Waals surface area contributed by atoms with E-state index in [1.54, 1.807) is 12.1 Å². The van der Waals surface area contributed by atoms with Crippen molar-refractivity contribution in [2.75, 3.05) is 44.2 Å². The van der Waals surface area contributed by atoms with Gasteiger partial charge in [0.2, 0.25) is 10.1 Å². The van der Waals surface area contributed by atoms with Crippen LogP contribution in [-0.2, 0) is 6.42 Å². The number of aryl methyl sites for hydroxylation is 1. The molecule has 0 aliphatic carbocycles. The van der Waals surface area contributed by atoms with E-state index in [4.69, 9.17) is 0 Å². The number of hydrogen-bond acceptors (Lipinski definition) is 7. The lowest BCUT2D eigenvalue weighted by atomic mass is 10.2. The number of amides is 1. The van der Waals surface area contributed by atoms with E-state index < -0.39 is 11.7 Å². The number of fused-ring (bicyclic) bond motifs is 1. The number of rotatable bonds is 6. The zero-order chi connectivity index (χ0) is 21.1. The molecule has 0 bridgehead atoms. The Hall–Kier alpha value is -2.85. The molecule has 158 valence electrons. The van der Waals surface area contributed by atoms with E-state index in [-0.39, 0.29) is 11.1 Å². The van der Waals surface area contributed by atoms with Crippen molar-refractivity contribution in [3.8, 4) is 0 Å². The maximum absolute atomic E-state index is 13.7. The van der Waals surface area contributed by atoms with Crippen LogP contribution in [0, 0.1) is 5.82 Å². The van der Waals surface area contributed by atoms with Crippen molar-refractivity contribution in [3.05, 3.63) is 57.8 Å². The minimum atomic E-state index is -0.515. The van der Waals surface area contributed by atoms with Crippen LogP contribution in [0.15, 0.2) is 35.1 Å². The van der Waals surface area contributed by atoms with Gasteiger partial charge < -0.3 is 10.2 Å². The number of nitrogens with one attached hydrogen (secondary N) is 1.